The molecule has 4 heteroatoms. The number of hydrogen-bond donors (Lipinski definition) is 2. The minimum absolute atomic E-state index is 0.0132. The summed E-state index contributed by atoms with van der Waals surface area (Å²) in [5.74, 6) is 0.692. The number of carbonyl (C=O) groups is 2. The highest BCUT2D eigenvalue weighted by atomic mass is 16.2. The van der Waals surface area contributed by atoms with Gasteiger partial charge in [-0.15, -0.1) is 0 Å². The highest BCUT2D eigenvalue weighted by Crippen LogP contribution is 2.28. The molecular formula is C22H26N2O2. The predicted octanol–water partition coefficient (Wildman–Crippen LogP) is 4.54. The van der Waals surface area contributed by atoms with Gasteiger partial charge < -0.3 is 10.6 Å². The maximum atomic E-state index is 12.2. The fourth-order valence-electron chi connectivity index (χ4n) is 2.92. The van der Waals surface area contributed by atoms with Gasteiger partial charge in [0.1, 0.15) is 0 Å². The summed E-state index contributed by atoms with van der Waals surface area (Å²) in [5.41, 5.74) is 4.70. The van der Waals surface area contributed by atoms with Gasteiger partial charge in [0.15, 0.2) is 0 Å². The van der Waals surface area contributed by atoms with Crippen molar-refractivity contribution in [2.45, 2.75) is 39.5 Å². The average Bonchev–Trinajstić information content (AvgIpc) is 3.46. The van der Waals surface area contributed by atoms with Crippen LogP contribution in [0.5, 0.6) is 0 Å². The van der Waals surface area contributed by atoms with E-state index in [9.17, 15) is 9.59 Å². The van der Waals surface area contributed by atoms with Gasteiger partial charge in [-0.3, -0.25) is 9.59 Å². The molecule has 0 radical (unpaired) electrons. The Hall–Kier alpha value is -2.62. The van der Waals surface area contributed by atoms with Crippen LogP contribution in [0, 0.1) is 12.8 Å². The number of rotatable bonds is 7. The number of aryl methyl sites for hydroxylation is 1. The molecular weight excluding hydrogens is 324 g/mol. The van der Waals surface area contributed by atoms with Crippen LogP contribution < -0.4 is 10.6 Å². The molecule has 1 aliphatic rings. The number of carbonyl (C=O) groups excluding carboxylic acids is 2. The molecule has 2 amide bonds. The molecule has 4 nitrogen and oxygen atoms in total. The van der Waals surface area contributed by atoms with Crippen LogP contribution in [0.4, 0.5) is 5.69 Å². The van der Waals surface area contributed by atoms with Gasteiger partial charge in [-0.2, -0.15) is 0 Å². The van der Waals surface area contributed by atoms with Crippen LogP contribution in [0.2, 0.25) is 0 Å². The fraction of sp³-hybridized carbons (Fsp3) is 0.364. The fourth-order valence-corrected chi connectivity index (χ4v) is 2.92. The maximum absolute atomic E-state index is 12.2. The van der Waals surface area contributed by atoms with Crippen LogP contribution in [0.1, 0.15) is 48.5 Å². The van der Waals surface area contributed by atoms with Gasteiger partial charge in [-0.1, -0.05) is 25.1 Å². The normalized spacial score (nSPS) is 13.3. The third kappa shape index (κ3) is 4.72. The summed E-state index contributed by atoms with van der Waals surface area (Å²) in [6.07, 6.45) is 3.80. The molecule has 1 saturated carbocycles. The molecule has 2 aromatic rings. The van der Waals surface area contributed by atoms with Gasteiger partial charge in [-0.25, -0.2) is 0 Å². The van der Waals surface area contributed by atoms with Crippen molar-refractivity contribution in [1.29, 1.82) is 0 Å². The Morgan fingerprint density at radius 2 is 1.81 bits per heavy atom. The highest BCUT2D eigenvalue weighted by Gasteiger charge is 2.21. The Labute approximate surface area is 155 Å². The standard InChI is InChI=1S/C22H26N2O2/c1-3-4-21(25)24-19-12-5-15(2)20(13-19)17-8-10-18(11-9-17)22(26)23-14-16-6-7-16/h5,8-13,16H,3-4,6-7,14H2,1-2H3,(H,23,26)(H,24,25). The zero-order valence-corrected chi connectivity index (χ0v) is 15.5. The molecule has 0 saturated heterocycles. The van der Waals surface area contributed by atoms with E-state index in [0.717, 1.165) is 35.3 Å². The van der Waals surface area contributed by atoms with E-state index >= 15 is 0 Å². The quantitative estimate of drug-likeness (QED) is 0.770. The largest absolute Gasteiger partial charge is 0.352 e. The first-order valence-corrected chi connectivity index (χ1v) is 9.36. The lowest BCUT2D eigenvalue weighted by Crippen LogP contribution is -2.25. The van der Waals surface area contributed by atoms with Gasteiger partial charge in [0.05, 0.1) is 0 Å². The first-order valence-electron chi connectivity index (χ1n) is 9.36. The van der Waals surface area contributed by atoms with Gasteiger partial charge in [0.2, 0.25) is 5.91 Å². The van der Waals surface area contributed by atoms with E-state index in [2.05, 4.69) is 10.6 Å². The van der Waals surface area contributed by atoms with Crippen LogP contribution in [0.3, 0.4) is 0 Å². The number of nitrogens with one attached hydrogen (secondary N) is 2. The van der Waals surface area contributed by atoms with Crippen molar-refractivity contribution < 1.29 is 9.59 Å². The number of benzene rings is 2. The van der Waals surface area contributed by atoms with Crippen molar-refractivity contribution in [2.75, 3.05) is 11.9 Å². The third-order valence-corrected chi connectivity index (χ3v) is 4.70. The van der Waals surface area contributed by atoms with E-state index in [1.165, 1.54) is 12.8 Å². The van der Waals surface area contributed by atoms with E-state index in [1.807, 2.05) is 56.3 Å². The molecule has 0 aromatic heterocycles. The van der Waals surface area contributed by atoms with Gasteiger partial charge >= 0.3 is 0 Å². The van der Waals surface area contributed by atoms with E-state index in [1.54, 1.807) is 0 Å². The number of hydrogen-bond acceptors (Lipinski definition) is 2. The second-order valence-electron chi connectivity index (χ2n) is 7.06. The van der Waals surface area contributed by atoms with Gasteiger partial charge in [-0.05, 0) is 73.1 Å². The second-order valence-corrected chi connectivity index (χ2v) is 7.06. The lowest BCUT2D eigenvalue weighted by molar-refractivity contribution is -0.116. The zero-order valence-electron chi connectivity index (χ0n) is 15.5. The van der Waals surface area contributed by atoms with E-state index in [0.29, 0.717) is 17.9 Å². The molecule has 0 bridgehead atoms. The Morgan fingerprint density at radius 1 is 1.08 bits per heavy atom. The molecule has 1 aliphatic carbocycles. The van der Waals surface area contributed by atoms with Crippen molar-refractivity contribution in [2.24, 2.45) is 5.92 Å². The van der Waals surface area contributed by atoms with Crippen molar-refractivity contribution >= 4 is 17.5 Å². The van der Waals surface area contributed by atoms with E-state index in [-0.39, 0.29) is 11.8 Å². The van der Waals surface area contributed by atoms with Crippen LogP contribution in [0.25, 0.3) is 11.1 Å². The molecule has 0 spiro atoms. The Morgan fingerprint density at radius 3 is 2.46 bits per heavy atom. The molecule has 3 rings (SSSR count). The smallest absolute Gasteiger partial charge is 0.251 e. The monoisotopic (exact) mass is 350 g/mol. The van der Waals surface area contributed by atoms with Crippen molar-refractivity contribution in [1.82, 2.24) is 5.32 Å². The summed E-state index contributed by atoms with van der Waals surface area (Å²) < 4.78 is 0. The Kier molecular flexibility index (Phi) is 5.71. The molecule has 0 unspecified atom stereocenters. The van der Waals surface area contributed by atoms with Crippen LogP contribution in [-0.4, -0.2) is 18.4 Å². The van der Waals surface area contributed by atoms with Crippen molar-refractivity contribution in [3.8, 4) is 11.1 Å². The summed E-state index contributed by atoms with van der Waals surface area (Å²) in [6.45, 7) is 4.81. The topological polar surface area (TPSA) is 58.2 Å². The summed E-state index contributed by atoms with van der Waals surface area (Å²) in [7, 11) is 0. The Balaban J connectivity index is 1.73. The molecule has 2 aromatic carbocycles. The summed E-state index contributed by atoms with van der Waals surface area (Å²) >= 11 is 0. The first-order chi connectivity index (χ1) is 12.6. The van der Waals surface area contributed by atoms with E-state index in [4.69, 9.17) is 0 Å². The average molecular weight is 350 g/mol. The van der Waals surface area contributed by atoms with Crippen molar-refractivity contribution in [3.05, 3.63) is 53.6 Å². The van der Waals surface area contributed by atoms with Crippen molar-refractivity contribution in [3.63, 3.8) is 0 Å². The molecule has 0 aliphatic heterocycles. The van der Waals surface area contributed by atoms with Crippen LogP contribution in [-0.2, 0) is 4.79 Å². The third-order valence-electron chi connectivity index (χ3n) is 4.70. The van der Waals surface area contributed by atoms with Gasteiger partial charge in [0.25, 0.3) is 5.91 Å². The lowest BCUT2D eigenvalue weighted by atomic mass is 9.98. The molecule has 0 heterocycles. The zero-order chi connectivity index (χ0) is 18.5. The lowest BCUT2D eigenvalue weighted by Gasteiger charge is -2.11. The van der Waals surface area contributed by atoms with Crippen LogP contribution in [0.15, 0.2) is 42.5 Å². The minimum Gasteiger partial charge on any atom is -0.352 e. The first kappa shape index (κ1) is 18.2. The molecule has 26 heavy (non-hydrogen) atoms. The SMILES string of the molecule is CCCC(=O)Nc1ccc(C)c(-c2ccc(C(=O)NCC3CC3)cc2)c1. The molecule has 0 atom stereocenters. The van der Waals surface area contributed by atoms with Crippen LogP contribution >= 0.6 is 0 Å². The predicted molar refractivity (Wildman–Crippen MR) is 105 cm³/mol. The summed E-state index contributed by atoms with van der Waals surface area (Å²) in [4.78, 5) is 24.0. The summed E-state index contributed by atoms with van der Waals surface area (Å²) in [6, 6.07) is 13.6. The Bertz CT molecular complexity index is 792. The molecule has 1 fully saturated rings. The maximum Gasteiger partial charge on any atom is 0.251 e. The number of amides is 2. The van der Waals surface area contributed by atoms with E-state index < -0.39 is 0 Å². The highest BCUT2D eigenvalue weighted by molar-refractivity contribution is 5.95. The molecule has 136 valence electrons. The van der Waals surface area contributed by atoms with Gasteiger partial charge in [0, 0.05) is 24.2 Å². The molecule has 2 N–H and O–H groups in total. The second kappa shape index (κ2) is 8.17. The summed E-state index contributed by atoms with van der Waals surface area (Å²) in [5, 5.41) is 5.93. The minimum atomic E-state index is -0.0132. The number of anilines is 1.